The zero-order valence-electron chi connectivity index (χ0n) is 17.5. The summed E-state index contributed by atoms with van der Waals surface area (Å²) in [7, 11) is 4.09. The van der Waals surface area contributed by atoms with E-state index < -0.39 is 0 Å². The lowest BCUT2D eigenvalue weighted by Gasteiger charge is -2.39. The van der Waals surface area contributed by atoms with Crippen molar-refractivity contribution in [3.8, 4) is 11.1 Å². The number of thiophene rings is 1. The molecule has 4 heterocycles. The van der Waals surface area contributed by atoms with Gasteiger partial charge in [0.05, 0.1) is 5.39 Å². The van der Waals surface area contributed by atoms with E-state index in [9.17, 15) is 4.79 Å². The summed E-state index contributed by atoms with van der Waals surface area (Å²) in [5, 5.41) is 3.37. The Kier molecular flexibility index (Phi) is 5.16. The van der Waals surface area contributed by atoms with Gasteiger partial charge in [0.2, 0.25) is 5.91 Å². The van der Waals surface area contributed by atoms with Gasteiger partial charge in [-0.1, -0.05) is 30.3 Å². The lowest BCUT2D eigenvalue weighted by molar-refractivity contribution is -0.126. The molecule has 1 aromatic carbocycles. The number of anilines is 1. The molecule has 156 valence electrons. The van der Waals surface area contributed by atoms with E-state index in [0.29, 0.717) is 18.5 Å². The molecule has 5 rings (SSSR count). The molecule has 0 saturated carbocycles. The molecule has 2 fully saturated rings. The van der Waals surface area contributed by atoms with Gasteiger partial charge in [0.15, 0.2) is 0 Å². The monoisotopic (exact) mass is 421 g/mol. The van der Waals surface area contributed by atoms with E-state index in [1.807, 2.05) is 18.0 Å². The molecule has 30 heavy (non-hydrogen) atoms. The highest BCUT2D eigenvalue weighted by atomic mass is 32.1. The van der Waals surface area contributed by atoms with Gasteiger partial charge in [0, 0.05) is 56.1 Å². The first kappa shape index (κ1) is 19.5. The van der Waals surface area contributed by atoms with E-state index in [1.165, 1.54) is 16.5 Å². The van der Waals surface area contributed by atoms with Gasteiger partial charge in [-0.3, -0.25) is 9.69 Å². The molecule has 0 spiro atoms. The summed E-state index contributed by atoms with van der Waals surface area (Å²) in [4.78, 5) is 28.9. The molecule has 7 heteroatoms. The summed E-state index contributed by atoms with van der Waals surface area (Å²) in [5.41, 5.74) is 2.43. The van der Waals surface area contributed by atoms with Gasteiger partial charge in [-0.25, -0.2) is 9.97 Å². The smallest absolute Gasteiger partial charge is 0.224 e. The zero-order valence-corrected chi connectivity index (χ0v) is 18.3. The Hall–Kier alpha value is -2.51. The molecule has 2 aliphatic rings. The average molecular weight is 422 g/mol. The first-order valence-electron chi connectivity index (χ1n) is 10.6. The molecule has 3 aromatic rings. The van der Waals surface area contributed by atoms with Crippen LogP contribution in [0, 0.1) is 0 Å². The predicted molar refractivity (Wildman–Crippen MR) is 122 cm³/mol. The molecular formula is C23H27N5OS. The van der Waals surface area contributed by atoms with Gasteiger partial charge < -0.3 is 9.80 Å². The summed E-state index contributed by atoms with van der Waals surface area (Å²) >= 11 is 1.69. The van der Waals surface area contributed by atoms with Crippen molar-refractivity contribution < 1.29 is 4.79 Å². The highest BCUT2D eigenvalue weighted by Crippen LogP contribution is 2.38. The number of fused-ring (bicyclic) bond motifs is 1. The SMILES string of the molecule is CN1CC(N(C)C2CCN(c3ncnc4scc(-c5ccccc5)c34)CC2)CC1=O. The van der Waals surface area contributed by atoms with Gasteiger partial charge in [-0.05, 0) is 25.5 Å². The summed E-state index contributed by atoms with van der Waals surface area (Å²) in [6.07, 6.45) is 4.51. The van der Waals surface area contributed by atoms with E-state index in [2.05, 4.69) is 51.5 Å². The van der Waals surface area contributed by atoms with Crippen molar-refractivity contribution in [2.24, 2.45) is 0 Å². The van der Waals surface area contributed by atoms with Crippen LogP contribution in [-0.4, -0.2) is 71.5 Å². The van der Waals surface area contributed by atoms with Crippen LogP contribution in [0.25, 0.3) is 21.3 Å². The molecule has 2 aliphatic heterocycles. The lowest BCUT2D eigenvalue weighted by Crippen LogP contribution is -2.48. The molecule has 1 unspecified atom stereocenters. The zero-order chi connectivity index (χ0) is 20.7. The van der Waals surface area contributed by atoms with Gasteiger partial charge in [-0.2, -0.15) is 0 Å². The topological polar surface area (TPSA) is 52.6 Å². The fraction of sp³-hybridized carbons (Fsp3) is 0.435. The quantitative estimate of drug-likeness (QED) is 0.646. The van der Waals surface area contributed by atoms with Crippen molar-refractivity contribution in [1.29, 1.82) is 0 Å². The number of benzene rings is 1. The third kappa shape index (κ3) is 3.46. The number of carbonyl (C=O) groups is 1. The van der Waals surface area contributed by atoms with E-state index in [0.717, 1.165) is 43.1 Å². The van der Waals surface area contributed by atoms with E-state index in [1.54, 1.807) is 17.7 Å². The number of aromatic nitrogens is 2. The molecule has 1 atom stereocenters. The van der Waals surface area contributed by atoms with Crippen molar-refractivity contribution in [3.63, 3.8) is 0 Å². The number of nitrogens with zero attached hydrogens (tertiary/aromatic N) is 5. The number of amides is 1. The second-order valence-electron chi connectivity index (χ2n) is 8.41. The molecule has 2 saturated heterocycles. The van der Waals surface area contributed by atoms with Crippen LogP contribution in [0.3, 0.4) is 0 Å². The highest BCUT2D eigenvalue weighted by Gasteiger charge is 2.34. The standard InChI is InChI=1S/C23H27N5OS/c1-26-13-18(12-20(26)29)27(2)17-8-10-28(11-9-17)22-21-19(16-6-4-3-5-7-16)14-30-23(21)25-15-24-22/h3-7,14-15,17-18H,8-13H2,1-2H3. The van der Waals surface area contributed by atoms with E-state index in [4.69, 9.17) is 4.98 Å². The Morgan fingerprint density at radius 3 is 2.57 bits per heavy atom. The second-order valence-corrected chi connectivity index (χ2v) is 9.27. The molecule has 1 amide bonds. The number of piperidine rings is 1. The molecular weight excluding hydrogens is 394 g/mol. The fourth-order valence-corrected chi connectivity index (χ4v) is 5.74. The van der Waals surface area contributed by atoms with Crippen molar-refractivity contribution in [2.45, 2.75) is 31.3 Å². The number of carbonyl (C=O) groups excluding carboxylic acids is 1. The minimum atomic E-state index is 0.263. The predicted octanol–water partition coefficient (Wildman–Crippen LogP) is 3.49. The summed E-state index contributed by atoms with van der Waals surface area (Å²) < 4.78 is 0. The van der Waals surface area contributed by atoms with Crippen LogP contribution in [0.1, 0.15) is 19.3 Å². The van der Waals surface area contributed by atoms with Crippen molar-refractivity contribution >= 4 is 33.3 Å². The van der Waals surface area contributed by atoms with Crippen LogP contribution in [0.15, 0.2) is 42.0 Å². The number of rotatable bonds is 4. The minimum Gasteiger partial charge on any atom is -0.356 e. The largest absolute Gasteiger partial charge is 0.356 e. The minimum absolute atomic E-state index is 0.263. The summed E-state index contributed by atoms with van der Waals surface area (Å²) in [6.45, 7) is 2.79. The summed E-state index contributed by atoms with van der Waals surface area (Å²) in [6, 6.07) is 11.4. The van der Waals surface area contributed by atoms with Gasteiger partial charge in [-0.15, -0.1) is 11.3 Å². The second kappa shape index (κ2) is 7.96. The van der Waals surface area contributed by atoms with Gasteiger partial charge in [0.25, 0.3) is 0 Å². The van der Waals surface area contributed by atoms with Crippen LogP contribution in [0.4, 0.5) is 5.82 Å². The van der Waals surface area contributed by atoms with Crippen molar-refractivity contribution in [2.75, 3.05) is 38.6 Å². The Morgan fingerprint density at radius 2 is 1.87 bits per heavy atom. The first-order valence-corrected chi connectivity index (χ1v) is 11.5. The van der Waals surface area contributed by atoms with Crippen molar-refractivity contribution in [3.05, 3.63) is 42.0 Å². The molecule has 0 N–H and O–H groups in total. The molecule has 0 bridgehead atoms. The highest BCUT2D eigenvalue weighted by molar-refractivity contribution is 7.17. The molecule has 6 nitrogen and oxygen atoms in total. The maximum Gasteiger partial charge on any atom is 0.224 e. The Labute approximate surface area is 181 Å². The molecule has 0 aliphatic carbocycles. The van der Waals surface area contributed by atoms with E-state index >= 15 is 0 Å². The average Bonchev–Trinajstić information content (AvgIpc) is 3.37. The van der Waals surface area contributed by atoms with Gasteiger partial charge in [0.1, 0.15) is 17.0 Å². The Bertz CT molecular complexity index is 1040. The van der Waals surface area contributed by atoms with Crippen LogP contribution in [0.5, 0.6) is 0 Å². The number of likely N-dealkylation sites (N-methyl/N-ethyl adjacent to an activating group) is 2. The van der Waals surface area contributed by atoms with Crippen LogP contribution < -0.4 is 4.90 Å². The van der Waals surface area contributed by atoms with Crippen molar-refractivity contribution in [1.82, 2.24) is 19.8 Å². The lowest BCUT2D eigenvalue weighted by atomic mass is 10.0. The Balaban J connectivity index is 1.35. The van der Waals surface area contributed by atoms with E-state index in [-0.39, 0.29) is 5.91 Å². The fourth-order valence-electron chi connectivity index (χ4n) is 4.83. The molecule has 2 aromatic heterocycles. The summed E-state index contributed by atoms with van der Waals surface area (Å²) in [5.74, 6) is 1.32. The Morgan fingerprint density at radius 1 is 1.10 bits per heavy atom. The van der Waals surface area contributed by atoms with Crippen LogP contribution >= 0.6 is 11.3 Å². The van der Waals surface area contributed by atoms with Crippen LogP contribution in [0.2, 0.25) is 0 Å². The van der Waals surface area contributed by atoms with Gasteiger partial charge >= 0.3 is 0 Å². The number of likely N-dealkylation sites (tertiary alicyclic amines) is 1. The maximum absolute atomic E-state index is 11.9. The normalized spacial score (nSPS) is 20.6. The third-order valence-corrected chi connectivity index (χ3v) is 7.56. The van der Waals surface area contributed by atoms with Crippen LogP contribution in [-0.2, 0) is 4.79 Å². The third-order valence-electron chi connectivity index (χ3n) is 6.67. The molecule has 0 radical (unpaired) electrons. The number of hydrogen-bond donors (Lipinski definition) is 0. The maximum atomic E-state index is 11.9. The first-order chi connectivity index (χ1) is 14.6. The number of hydrogen-bond acceptors (Lipinski definition) is 6.